The van der Waals surface area contributed by atoms with Gasteiger partial charge in [-0.1, -0.05) is 18.7 Å². The lowest BCUT2D eigenvalue weighted by Crippen LogP contribution is -2.36. The van der Waals surface area contributed by atoms with Crippen LogP contribution in [0.15, 0.2) is 12.7 Å². The molecule has 5 nitrogen and oxygen atoms in total. The zero-order chi connectivity index (χ0) is 10.7. The molecule has 0 aromatic carbocycles. The number of hydrogen-bond acceptors (Lipinski definition) is 4. The highest BCUT2D eigenvalue weighted by molar-refractivity contribution is 8.12. The Balaban J connectivity index is 2.24. The van der Waals surface area contributed by atoms with Gasteiger partial charge in [0.25, 0.3) is 0 Å². The molecule has 2 heterocycles. The van der Waals surface area contributed by atoms with Crippen molar-refractivity contribution in [2.45, 2.75) is 6.92 Å². The number of morpholine rings is 1. The van der Waals surface area contributed by atoms with Gasteiger partial charge in [-0.25, -0.2) is 9.44 Å². The summed E-state index contributed by atoms with van der Waals surface area (Å²) in [6.45, 7) is 5.48. The van der Waals surface area contributed by atoms with Crippen molar-refractivity contribution in [3.63, 3.8) is 0 Å². The molecule has 1 aromatic heterocycles. The van der Waals surface area contributed by atoms with Crippen LogP contribution < -0.4 is 0 Å². The van der Waals surface area contributed by atoms with E-state index in [1.807, 2.05) is 4.45 Å². The second-order valence-corrected chi connectivity index (χ2v) is 8.05. The summed E-state index contributed by atoms with van der Waals surface area (Å²) in [5.41, 5.74) is 0. The van der Waals surface area contributed by atoms with E-state index in [9.17, 15) is 0 Å². The third-order valence-corrected chi connectivity index (χ3v) is 7.49. The Morgan fingerprint density at radius 2 is 2.20 bits per heavy atom. The fourth-order valence-electron chi connectivity index (χ4n) is 1.70. The molecule has 0 spiro atoms. The van der Waals surface area contributed by atoms with Crippen LogP contribution in [0, 0.1) is 0 Å². The molecule has 0 N–H and O–H groups in total. The van der Waals surface area contributed by atoms with Crippen LogP contribution in [0.3, 0.4) is 0 Å². The van der Waals surface area contributed by atoms with Crippen molar-refractivity contribution in [1.82, 2.24) is 19.2 Å². The van der Waals surface area contributed by atoms with Gasteiger partial charge in [0.15, 0.2) is 0 Å². The minimum absolute atomic E-state index is 0.771. The Morgan fingerprint density at radius 1 is 1.47 bits per heavy atom. The first kappa shape index (κ1) is 11.2. The second-order valence-electron chi connectivity index (χ2n) is 3.36. The fourth-order valence-corrected chi connectivity index (χ4v) is 4.61. The first-order valence-electron chi connectivity index (χ1n) is 5.05. The number of hydrogen-bond donors (Lipinski definition) is 0. The maximum atomic E-state index is 5.79. The van der Waals surface area contributed by atoms with Gasteiger partial charge in [0, 0.05) is 19.3 Å². The summed E-state index contributed by atoms with van der Waals surface area (Å²) < 4.78 is 9.54. The lowest BCUT2D eigenvalue weighted by atomic mass is 10.5. The van der Waals surface area contributed by atoms with Crippen molar-refractivity contribution in [3.8, 4) is 0 Å². The number of aromatic nitrogens is 3. The minimum atomic E-state index is -1.75. The predicted molar refractivity (Wildman–Crippen MR) is 62.6 cm³/mol. The average molecular weight is 246 g/mol. The van der Waals surface area contributed by atoms with Crippen molar-refractivity contribution in [3.05, 3.63) is 12.7 Å². The van der Waals surface area contributed by atoms with E-state index < -0.39 is 6.34 Å². The molecule has 1 aliphatic rings. The molecule has 84 valence electrons. The van der Waals surface area contributed by atoms with Crippen LogP contribution >= 0.6 is 6.34 Å². The summed E-state index contributed by atoms with van der Waals surface area (Å²) in [7, 11) is 0. The van der Waals surface area contributed by atoms with Gasteiger partial charge in [0.2, 0.25) is 0 Å². The SMILES string of the molecule is CCP(=S)(N1CCOCC1)n1cncn1. The number of ether oxygens (including phenoxy) is 1. The highest BCUT2D eigenvalue weighted by atomic mass is 32.4. The van der Waals surface area contributed by atoms with Crippen LogP contribution in [-0.2, 0) is 16.5 Å². The van der Waals surface area contributed by atoms with Crippen molar-refractivity contribution >= 4 is 18.1 Å². The van der Waals surface area contributed by atoms with Crippen LogP contribution in [0.25, 0.3) is 0 Å². The largest absolute Gasteiger partial charge is 0.379 e. The zero-order valence-corrected chi connectivity index (χ0v) is 10.5. The topological polar surface area (TPSA) is 43.2 Å². The summed E-state index contributed by atoms with van der Waals surface area (Å²) in [6.07, 6.45) is 2.47. The monoisotopic (exact) mass is 246 g/mol. The lowest BCUT2D eigenvalue weighted by Gasteiger charge is -2.36. The van der Waals surface area contributed by atoms with E-state index in [4.69, 9.17) is 16.5 Å². The van der Waals surface area contributed by atoms with Crippen LogP contribution in [0.2, 0.25) is 0 Å². The Kier molecular flexibility index (Phi) is 3.51. The highest BCUT2D eigenvalue weighted by Gasteiger charge is 2.28. The van der Waals surface area contributed by atoms with E-state index >= 15 is 0 Å². The molecular formula is C8H15N4OPS. The average Bonchev–Trinajstić information content (AvgIpc) is 2.83. The van der Waals surface area contributed by atoms with Gasteiger partial charge < -0.3 is 4.74 Å². The van der Waals surface area contributed by atoms with E-state index in [0.29, 0.717) is 0 Å². The molecule has 0 radical (unpaired) electrons. The first-order chi connectivity index (χ1) is 7.27. The summed E-state index contributed by atoms with van der Waals surface area (Å²) >= 11 is 5.79. The van der Waals surface area contributed by atoms with E-state index in [1.165, 1.54) is 0 Å². The zero-order valence-electron chi connectivity index (χ0n) is 8.74. The van der Waals surface area contributed by atoms with Crippen LogP contribution in [0.1, 0.15) is 6.92 Å². The summed E-state index contributed by atoms with van der Waals surface area (Å²) in [6, 6.07) is 0. The van der Waals surface area contributed by atoms with Gasteiger partial charge in [-0.05, 0) is 0 Å². The molecule has 0 bridgehead atoms. The smallest absolute Gasteiger partial charge is 0.138 e. The Labute approximate surface area is 94.5 Å². The standard InChI is InChI=1S/C8H15N4OPS/c1-2-14(15,12-8-9-7-10-12)11-3-5-13-6-4-11/h7-8H,2-6H2,1H3. The van der Waals surface area contributed by atoms with Crippen molar-refractivity contribution in [2.75, 3.05) is 32.5 Å². The van der Waals surface area contributed by atoms with Gasteiger partial charge in [-0.3, -0.25) is 4.67 Å². The third-order valence-electron chi connectivity index (χ3n) is 2.57. The molecule has 1 fully saturated rings. The molecule has 1 aliphatic heterocycles. The van der Waals surface area contributed by atoms with Gasteiger partial charge >= 0.3 is 0 Å². The molecule has 1 unspecified atom stereocenters. The van der Waals surface area contributed by atoms with Gasteiger partial charge in [0.05, 0.1) is 13.2 Å². The van der Waals surface area contributed by atoms with Crippen LogP contribution in [0.4, 0.5) is 0 Å². The van der Waals surface area contributed by atoms with E-state index in [-0.39, 0.29) is 0 Å². The van der Waals surface area contributed by atoms with Gasteiger partial charge in [-0.15, -0.1) is 0 Å². The second kappa shape index (κ2) is 4.70. The number of nitrogens with zero attached hydrogens (tertiary/aromatic N) is 4. The quantitative estimate of drug-likeness (QED) is 0.738. The molecule has 15 heavy (non-hydrogen) atoms. The third kappa shape index (κ3) is 2.13. The molecule has 0 saturated carbocycles. The molecule has 7 heteroatoms. The van der Waals surface area contributed by atoms with E-state index in [1.54, 1.807) is 12.7 Å². The molecule has 1 atom stereocenters. The lowest BCUT2D eigenvalue weighted by molar-refractivity contribution is 0.0740. The van der Waals surface area contributed by atoms with Gasteiger partial charge in [-0.2, -0.15) is 5.10 Å². The Bertz CT molecular complexity index is 350. The predicted octanol–water partition coefficient (Wildman–Crippen LogP) is 0.788. The van der Waals surface area contributed by atoms with Gasteiger partial charge in [0.1, 0.15) is 19.0 Å². The Hall–Kier alpha value is -0.290. The molecule has 2 rings (SSSR count). The maximum absolute atomic E-state index is 5.79. The normalized spacial score (nSPS) is 22.5. The summed E-state index contributed by atoms with van der Waals surface area (Å²) in [4.78, 5) is 3.99. The maximum Gasteiger partial charge on any atom is 0.138 e. The highest BCUT2D eigenvalue weighted by Crippen LogP contribution is 2.49. The molecule has 0 aliphatic carbocycles. The van der Waals surface area contributed by atoms with Crippen molar-refractivity contribution in [2.24, 2.45) is 0 Å². The molecule has 1 saturated heterocycles. The van der Waals surface area contributed by atoms with E-state index in [0.717, 1.165) is 32.5 Å². The Morgan fingerprint density at radius 3 is 2.73 bits per heavy atom. The first-order valence-corrected chi connectivity index (χ1v) is 7.94. The van der Waals surface area contributed by atoms with Crippen molar-refractivity contribution in [1.29, 1.82) is 0 Å². The number of rotatable bonds is 3. The molecule has 1 aromatic rings. The summed E-state index contributed by atoms with van der Waals surface area (Å²) in [5.74, 6) is 0. The van der Waals surface area contributed by atoms with Crippen LogP contribution in [-0.4, -0.2) is 51.7 Å². The fraction of sp³-hybridized carbons (Fsp3) is 0.750. The minimum Gasteiger partial charge on any atom is -0.379 e. The van der Waals surface area contributed by atoms with Crippen molar-refractivity contribution < 1.29 is 4.74 Å². The summed E-state index contributed by atoms with van der Waals surface area (Å²) in [5, 5.41) is 4.20. The molecule has 0 amide bonds. The van der Waals surface area contributed by atoms with E-state index in [2.05, 4.69) is 21.7 Å². The molecular weight excluding hydrogens is 231 g/mol. The van der Waals surface area contributed by atoms with Crippen LogP contribution in [0.5, 0.6) is 0 Å².